The van der Waals surface area contributed by atoms with Gasteiger partial charge in [0.1, 0.15) is 19.3 Å². The third-order valence-electron chi connectivity index (χ3n) is 18.5. The molecule has 0 fully saturated rings. The quantitative estimate of drug-likeness (QED) is 0.0222. The van der Waals surface area contributed by atoms with Crippen LogP contribution >= 0.6 is 15.6 Å². The number of ether oxygens (including phenoxy) is 4. The minimum Gasteiger partial charge on any atom is -0.462 e. The average Bonchev–Trinajstić information content (AvgIpc) is 1.21. The van der Waals surface area contributed by atoms with E-state index in [1.54, 1.807) is 0 Å². The van der Waals surface area contributed by atoms with Crippen LogP contribution in [-0.4, -0.2) is 96.7 Å². The van der Waals surface area contributed by atoms with Gasteiger partial charge in [-0.3, -0.25) is 37.3 Å². The fraction of sp³-hybridized carbons (Fsp3) is 0.949. The van der Waals surface area contributed by atoms with Crippen LogP contribution in [-0.2, 0) is 65.4 Å². The van der Waals surface area contributed by atoms with Gasteiger partial charge in [0.05, 0.1) is 26.4 Å². The predicted molar refractivity (Wildman–Crippen MR) is 400 cm³/mol. The lowest BCUT2D eigenvalue weighted by Gasteiger charge is -2.21. The molecular formula is C79H154O17P2. The van der Waals surface area contributed by atoms with Gasteiger partial charge in [0.25, 0.3) is 0 Å². The van der Waals surface area contributed by atoms with E-state index in [-0.39, 0.29) is 25.7 Å². The van der Waals surface area contributed by atoms with Crippen LogP contribution in [0.3, 0.4) is 0 Å². The first-order valence-corrected chi connectivity index (χ1v) is 44.0. The van der Waals surface area contributed by atoms with Crippen molar-refractivity contribution < 1.29 is 80.2 Å². The molecule has 2 unspecified atom stereocenters. The number of phosphoric ester groups is 2. The molecule has 0 aliphatic rings. The zero-order valence-corrected chi connectivity index (χ0v) is 65.9. The van der Waals surface area contributed by atoms with Crippen molar-refractivity contribution in [2.45, 2.75) is 432 Å². The highest BCUT2D eigenvalue weighted by Gasteiger charge is 2.30. The average molecular weight is 1440 g/mol. The predicted octanol–water partition coefficient (Wildman–Crippen LogP) is 23.5. The first-order chi connectivity index (χ1) is 47.4. The van der Waals surface area contributed by atoms with E-state index in [4.69, 9.17) is 37.0 Å². The van der Waals surface area contributed by atoms with Gasteiger partial charge in [-0.05, 0) is 37.5 Å². The molecule has 0 rings (SSSR count). The third-order valence-corrected chi connectivity index (χ3v) is 20.4. The van der Waals surface area contributed by atoms with Crippen molar-refractivity contribution >= 4 is 39.5 Å². The maximum absolute atomic E-state index is 13.1. The normalized spacial score (nSPS) is 13.9. The van der Waals surface area contributed by atoms with E-state index in [1.807, 2.05) is 0 Å². The molecule has 0 aromatic carbocycles. The monoisotopic (exact) mass is 1440 g/mol. The summed E-state index contributed by atoms with van der Waals surface area (Å²) in [5.74, 6) is -0.537. The van der Waals surface area contributed by atoms with Crippen molar-refractivity contribution in [2.75, 3.05) is 39.6 Å². The number of carbonyl (C=O) groups excluding carboxylic acids is 4. The lowest BCUT2D eigenvalue weighted by molar-refractivity contribution is -0.161. The number of hydrogen-bond donors (Lipinski definition) is 3. The maximum Gasteiger partial charge on any atom is 0.472 e. The van der Waals surface area contributed by atoms with E-state index in [1.165, 1.54) is 225 Å². The molecule has 0 aliphatic carbocycles. The van der Waals surface area contributed by atoms with Gasteiger partial charge in [-0.1, -0.05) is 363 Å². The molecule has 5 atom stereocenters. The molecule has 0 radical (unpaired) electrons. The van der Waals surface area contributed by atoms with Crippen molar-refractivity contribution in [3.05, 3.63) is 0 Å². The highest BCUT2D eigenvalue weighted by atomic mass is 31.2. The first kappa shape index (κ1) is 96.1. The summed E-state index contributed by atoms with van der Waals surface area (Å²) in [6.07, 6.45) is 60.2. The van der Waals surface area contributed by atoms with Gasteiger partial charge in [0.2, 0.25) is 0 Å². The van der Waals surface area contributed by atoms with Crippen molar-refractivity contribution in [2.24, 2.45) is 11.8 Å². The summed E-state index contributed by atoms with van der Waals surface area (Å²) in [4.78, 5) is 72.6. The largest absolute Gasteiger partial charge is 0.472 e. The number of phosphoric acid groups is 2. The molecule has 98 heavy (non-hydrogen) atoms. The van der Waals surface area contributed by atoms with Crippen molar-refractivity contribution in [3.8, 4) is 0 Å². The van der Waals surface area contributed by atoms with Crippen molar-refractivity contribution in [1.29, 1.82) is 0 Å². The number of carbonyl (C=O) groups is 4. The van der Waals surface area contributed by atoms with Gasteiger partial charge >= 0.3 is 39.5 Å². The van der Waals surface area contributed by atoms with Gasteiger partial charge < -0.3 is 33.8 Å². The zero-order chi connectivity index (χ0) is 72.1. The van der Waals surface area contributed by atoms with Gasteiger partial charge in [0, 0.05) is 25.7 Å². The van der Waals surface area contributed by atoms with Crippen LogP contribution in [0, 0.1) is 11.8 Å². The van der Waals surface area contributed by atoms with Crippen LogP contribution in [0.4, 0.5) is 0 Å². The Hall–Kier alpha value is -1.94. The summed E-state index contributed by atoms with van der Waals surface area (Å²) >= 11 is 0. The molecular weight excluding hydrogens is 1280 g/mol. The molecule has 3 N–H and O–H groups in total. The number of hydrogen-bond acceptors (Lipinski definition) is 15. The molecule has 0 spiro atoms. The minimum absolute atomic E-state index is 0.106. The van der Waals surface area contributed by atoms with Crippen LogP contribution in [0.2, 0.25) is 0 Å². The van der Waals surface area contributed by atoms with E-state index >= 15 is 0 Å². The van der Waals surface area contributed by atoms with Crippen LogP contribution < -0.4 is 0 Å². The first-order valence-electron chi connectivity index (χ1n) is 41.0. The summed E-state index contributed by atoms with van der Waals surface area (Å²) < 4.78 is 68.4. The molecule has 0 aromatic rings. The highest BCUT2D eigenvalue weighted by molar-refractivity contribution is 7.47. The Morgan fingerprint density at radius 2 is 0.469 bits per heavy atom. The summed E-state index contributed by atoms with van der Waals surface area (Å²) in [5.41, 5.74) is 0. The van der Waals surface area contributed by atoms with Gasteiger partial charge in [-0.15, -0.1) is 0 Å². The van der Waals surface area contributed by atoms with E-state index in [9.17, 15) is 43.2 Å². The van der Waals surface area contributed by atoms with Gasteiger partial charge in [-0.25, -0.2) is 9.13 Å². The lowest BCUT2D eigenvalue weighted by atomic mass is 10.0. The lowest BCUT2D eigenvalue weighted by Crippen LogP contribution is -2.30. The second-order valence-corrected chi connectivity index (χ2v) is 32.3. The van der Waals surface area contributed by atoms with E-state index in [0.717, 1.165) is 108 Å². The highest BCUT2D eigenvalue weighted by Crippen LogP contribution is 2.45. The second-order valence-electron chi connectivity index (χ2n) is 29.4. The number of rotatable bonds is 78. The molecule has 0 amide bonds. The molecule has 0 aromatic heterocycles. The topological polar surface area (TPSA) is 237 Å². The second kappa shape index (κ2) is 70.7. The Morgan fingerprint density at radius 3 is 0.694 bits per heavy atom. The summed E-state index contributed by atoms with van der Waals surface area (Å²) in [6, 6.07) is 0. The summed E-state index contributed by atoms with van der Waals surface area (Å²) in [5, 5.41) is 10.6. The van der Waals surface area contributed by atoms with Crippen LogP contribution in [0.1, 0.15) is 414 Å². The SMILES string of the molecule is CCCCCCCCCCCCCCCCCCCCC(=O)OC[C@H](COP(=O)(O)OC[C@@H](O)COP(=O)(O)OC[C@@H](COC(=O)CCCCCCC)OC(=O)CCCCCCCCCCCCCC(C)C)OC(=O)CCCCCCCCCCCCCCCCCCCCC(C)C. The van der Waals surface area contributed by atoms with E-state index < -0.39 is 97.5 Å². The summed E-state index contributed by atoms with van der Waals surface area (Å²) in [6.45, 7) is 9.56. The standard InChI is InChI=1S/C79H154O17P2/c1-7-9-11-13-14-15-16-17-18-19-23-26-29-34-39-44-50-56-62-77(82)90-68-75(96-79(84)63-57-51-45-40-35-30-27-24-21-20-22-25-28-32-37-42-48-53-59-71(3)4)70-94-98(87,88)92-66-73(80)65-91-97(85,86)93-69-74(67-89-76(81)61-55-47-12-10-8-2)95-78(83)64-58-52-46-41-36-31-33-38-43-49-54-60-72(5)6/h71-75,80H,7-70H2,1-6H3,(H,85,86)(H,87,88)/t73-,74+,75+/m0/s1. The maximum atomic E-state index is 13.1. The number of unbranched alkanes of at least 4 members (excludes halogenated alkanes) is 48. The molecule has 0 saturated carbocycles. The molecule has 0 aliphatic heterocycles. The molecule has 0 saturated heterocycles. The fourth-order valence-corrected chi connectivity index (χ4v) is 13.8. The van der Waals surface area contributed by atoms with Crippen molar-refractivity contribution in [1.82, 2.24) is 0 Å². The molecule has 582 valence electrons. The smallest absolute Gasteiger partial charge is 0.462 e. The Morgan fingerprint density at radius 1 is 0.276 bits per heavy atom. The third kappa shape index (κ3) is 72.4. The molecule has 0 bridgehead atoms. The van der Waals surface area contributed by atoms with Crippen LogP contribution in [0.25, 0.3) is 0 Å². The number of aliphatic hydroxyl groups excluding tert-OH is 1. The minimum atomic E-state index is -4.96. The Labute approximate surface area is 600 Å². The Balaban J connectivity index is 5.12. The molecule has 17 nitrogen and oxygen atoms in total. The summed E-state index contributed by atoms with van der Waals surface area (Å²) in [7, 11) is -9.91. The van der Waals surface area contributed by atoms with E-state index in [0.29, 0.717) is 25.7 Å². The molecule has 0 heterocycles. The Bertz CT molecular complexity index is 1890. The molecule has 19 heteroatoms. The van der Waals surface area contributed by atoms with Crippen molar-refractivity contribution in [3.63, 3.8) is 0 Å². The Kier molecular flexibility index (Phi) is 69.3. The van der Waals surface area contributed by atoms with Gasteiger partial charge in [0.15, 0.2) is 12.2 Å². The number of aliphatic hydroxyl groups is 1. The fourth-order valence-electron chi connectivity index (χ4n) is 12.2. The van der Waals surface area contributed by atoms with Gasteiger partial charge in [-0.2, -0.15) is 0 Å². The van der Waals surface area contributed by atoms with Crippen LogP contribution in [0.15, 0.2) is 0 Å². The zero-order valence-electron chi connectivity index (χ0n) is 64.1. The van der Waals surface area contributed by atoms with Crippen LogP contribution in [0.5, 0.6) is 0 Å². The number of esters is 4. The van der Waals surface area contributed by atoms with E-state index in [2.05, 4.69) is 41.5 Å².